The van der Waals surface area contributed by atoms with Gasteiger partial charge in [-0.05, 0) is 35.0 Å². The predicted octanol–water partition coefficient (Wildman–Crippen LogP) is 4.67. The van der Waals surface area contributed by atoms with Crippen LogP contribution in [0.5, 0.6) is 11.5 Å². The molecular formula is C19H19NO3S2. The van der Waals surface area contributed by atoms with Crippen LogP contribution in [-0.4, -0.2) is 25.0 Å². The molecule has 4 nitrogen and oxygen atoms in total. The smallest absolute Gasteiger partial charge is 0.254 e. The van der Waals surface area contributed by atoms with Gasteiger partial charge in [0, 0.05) is 21.4 Å². The summed E-state index contributed by atoms with van der Waals surface area (Å²) in [7, 11) is 3.16. The SMILES string of the molecule is COc1cc(OC)cc(C(=O)N(Cc2cccs2)Cc2cccs2)c1. The molecule has 0 saturated carbocycles. The van der Waals surface area contributed by atoms with Crippen molar-refractivity contribution in [3.8, 4) is 11.5 Å². The lowest BCUT2D eigenvalue weighted by molar-refractivity contribution is 0.0733. The summed E-state index contributed by atoms with van der Waals surface area (Å²) in [6, 6.07) is 13.4. The van der Waals surface area contributed by atoms with Crippen molar-refractivity contribution in [2.45, 2.75) is 13.1 Å². The van der Waals surface area contributed by atoms with Gasteiger partial charge in [-0.25, -0.2) is 0 Å². The molecule has 0 aliphatic carbocycles. The second kappa shape index (κ2) is 8.18. The number of carbonyl (C=O) groups is 1. The number of rotatable bonds is 7. The summed E-state index contributed by atoms with van der Waals surface area (Å²) in [5, 5.41) is 4.05. The summed E-state index contributed by atoms with van der Waals surface area (Å²) in [4.78, 5) is 17.3. The fourth-order valence-electron chi connectivity index (χ4n) is 2.49. The molecule has 2 aromatic heterocycles. The van der Waals surface area contributed by atoms with Gasteiger partial charge in [-0.15, -0.1) is 22.7 Å². The number of methoxy groups -OCH3 is 2. The number of carbonyl (C=O) groups excluding carboxylic acids is 1. The van der Waals surface area contributed by atoms with Gasteiger partial charge in [-0.1, -0.05) is 12.1 Å². The third kappa shape index (κ3) is 4.41. The zero-order valence-electron chi connectivity index (χ0n) is 14.1. The van der Waals surface area contributed by atoms with Crippen LogP contribution >= 0.6 is 22.7 Å². The van der Waals surface area contributed by atoms with Crippen molar-refractivity contribution in [1.82, 2.24) is 4.90 Å². The minimum atomic E-state index is -0.0426. The van der Waals surface area contributed by atoms with Gasteiger partial charge in [-0.3, -0.25) is 4.79 Å². The summed E-state index contributed by atoms with van der Waals surface area (Å²) < 4.78 is 10.6. The van der Waals surface area contributed by atoms with E-state index in [9.17, 15) is 4.79 Å². The molecule has 0 fully saturated rings. The lowest BCUT2D eigenvalue weighted by Gasteiger charge is -2.22. The summed E-state index contributed by atoms with van der Waals surface area (Å²) >= 11 is 3.30. The Morgan fingerprint density at radius 3 is 1.84 bits per heavy atom. The molecule has 0 spiro atoms. The van der Waals surface area contributed by atoms with Crippen LogP contribution in [-0.2, 0) is 13.1 Å². The van der Waals surface area contributed by atoms with Crippen LogP contribution < -0.4 is 9.47 Å². The van der Waals surface area contributed by atoms with Gasteiger partial charge < -0.3 is 14.4 Å². The van der Waals surface area contributed by atoms with Crippen molar-refractivity contribution in [3.63, 3.8) is 0 Å². The molecule has 0 unspecified atom stereocenters. The first kappa shape index (κ1) is 17.5. The third-order valence-electron chi connectivity index (χ3n) is 3.74. The van der Waals surface area contributed by atoms with Crippen LogP contribution in [0.4, 0.5) is 0 Å². The molecule has 0 radical (unpaired) electrons. The van der Waals surface area contributed by atoms with E-state index in [0.717, 1.165) is 9.75 Å². The lowest BCUT2D eigenvalue weighted by atomic mass is 10.1. The van der Waals surface area contributed by atoms with Crippen molar-refractivity contribution >= 4 is 28.6 Å². The summed E-state index contributed by atoms with van der Waals surface area (Å²) in [5.74, 6) is 1.17. The van der Waals surface area contributed by atoms with Gasteiger partial charge in [0.2, 0.25) is 0 Å². The quantitative estimate of drug-likeness (QED) is 0.604. The number of thiophene rings is 2. The molecule has 3 aromatic rings. The Hall–Kier alpha value is -2.31. The van der Waals surface area contributed by atoms with Crippen LogP contribution in [0, 0.1) is 0 Å². The zero-order chi connectivity index (χ0) is 17.6. The predicted molar refractivity (Wildman–Crippen MR) is 102 cm³/mol. The Kier molecular flexibility index (Phi) is 5.73. The lowest BCUT2D eigenvalue weighted by Crippen LogP contribution is -2.29. The fourth-order valence-corrected chi connectivity index (χ4v) is 3.93. The first-order valence-corrected chi connectivity index (χ1v) is 9.52. The van der Waals surface area contributed by atoms with Crippen molar-refractivity contribution in [1.29, 1.82) is 0 Å². The van der Waals surface area contributed by atoms with Gasteiger partial charge in [0.15, 0.2) is 0 Å². The van der Waals surface area contributed by atoms with Gasteiger partial charge >= 0.3 is 0 Å². The second-order valence-corrected chi connectivity index (χ2v) is 7.49. The molecule has 2 heterocycles. The Labute approximate surface area is 155 Å². The van der Waals surface area contributed by atoms with Gasteiger partial charge in [-0.2, -0.15) is 0 Å². The van der Waals surface area contributed by atoms with Crippen molar-refractivity contribution in [2.24, 2.45) is 0 Å². The molecule has 0 saturated heterocycles. The third-order valence-corrected chi connectivity index (χ3v) is 5.46. The average molecular weight is 373 g/mol. The van der Waals surface area contributed by atoms with E-state index >= 15 is 0 Å². The molecule has 1 aromatic carbocycles. The fraction of sp³-hybridized carbons (Fsp3) is 0.211. The monoisotopic (exact) mass is 373 g/mol. The zero-order valence-corrected chi connectivity index (χ0v) is 15.7. The molecule has 3 rings (SSSR count). The first-order valence-electron chi connectivity index (χ1n) is 7.76. The van der Waals surface area contributed by atoms with Gasteiger partial charge in [0.25, 0.3) is 5.91 Å². The number of nitrogens with zero attached hydrogens (tertiary/aromatic N) is 1. The average Bonchev–Trinajstić information content (AvgIpc) is 3.34. The van der Waals surface area contributed by atoms with Crippen LogP contribution in [0.3, 0.4) is 0 Å². The summed E-state index contributed by atoms with van der Waals surface area (Å²) in [6.45, 7) is 1.15. The molecule has 0 aliphatic rings. The van der Waals surface area contributed by atoms with E-state index in [-0.39, 0.29) is 5.91 Å². The summed E-state index contributed by atoms with van der Waals surface area (Å²) in [5.41, 5.74) is 0.560. The first-order chi connectivity index (χ1) is 12.2. The topological polar surface area (TPSA) is 38.8 Å². The van der Waals surface area contributed by atoms with E-state index in [1.807, 2.05) is 39.9 Å². The maximum Gasteiger partial charge on any atom is 0.254 e. The molecule has 0 N–H and O–H groups in total. The molecule has 6 heteroatoms. The largest absolute Gasteiger partial charge is 0.497 e. The van der Waals surface area contributed by atoms with E-state index in [2.05, 4.69) is 0 Å². The minimum absolute atomic E-state index is 0.0426. The highest BCUT2D eigenvalue weighted by Gasteiger charge is 2.19. The van der Waals surface area contributed by atoms with Crippen LogP contribution in [0.25, 0.3) is 0 Å². The van der Waals surface area contributed by atoms with E-state index in [4.69, 9.17) is 9.47 Å². The van der Waals surface area contributed by atoms with E-state index in [1.54, 1.807) is 55.1 Å². The molecule has 1 amide bonds. The standard InChI is InChI=1S/C19H19NO3S2/c1-22-15-9-14(10-16(11-15)23-2)19(21)20(12-17-5-3-7-24-17)13-18-6-4-8-25-18/h3-11H,12-13H2,1-2H3. The maximum atomic E-state index is 13.2. The molecule has 0 bridgehead atoms. The van der Waals surface area contributed by atoms with E-state index in [0.29, 0.717) is 30.2 Å². The summed E-state index contributed by atoms with van der Waals surface area (Å²) in [6.07, 6.45) is 0. The number of amides is 1. The second-order valence-electron chi connectivity index (χ2n) is 5.42. The Balaban J connectivity index is 1.90. The van der Waals surface area contributed by atoms with Crippen LogP contribution in [0.1, 0.15) is 20.1 Å². The van der Waals surface area contributed by atoms with Crippen molar-refractivity contribution in [2.75, 3.05) is 14.2 Å². The van der Waals surface area contributed by atoms with Crippen molar-refractivity contribution in [3.05, 3.63) is 68.5 Å². The van der Waals surface area contributed by atoms with E-state index < -0.39 is 0 Å². The van der Waals surface area contributed by atoms with Gasteiger partial charge in [0.1, 0.15) is 11.5 Å². The highest BCUT2D eigenvalue weighted by atomic mass is 32.1. The number of ether oxygens (including phenoxy) is 2. The molecule has 130 valence electrons. The minimum Gasteiger partial charge on any atom is -0.497 e. The Bertz CT molecular complexity index is 755. The molecular weight excluding hydrogens is 354 g/mol. The highest BCUT2D eigenvalue weighted by molar-refractivity contribution is 7.10. The number of hydrogen-bond acceptors (Lipinski definition) is 5. The van der Waals surface area contributed by atoms with Crippen LogP contribution in [0.2, 0.25) is 0 Å². The molecule has 0 atom stereocenters. The normalized spacial score (nSPS) is 10.5. The Morgan fingerprint density at radius 1 is 0.920 bits per heavy atom. The maximum absolute atomic E-state index is 13.2. The van der Waals surface area contributed by atoms with E-state index in [1.165, 1.54) is 0 Å². The van der Waals surface area contributed by atoms with Gasteiger partial charge in [0.05, 0.1) is 27.3 Å². The number of benzene rings is 1. The number of hydrogen-bond donors (Lipinski definition) is 0. The van der Waals surface area contributed by atoms with Crippen molar-refractivity contribution < 1.29 is 14.3 Å². The highest BCUT2D eigenvalue weighted by Crippen LogP contribution is 2.25. The molecule has 0 aliphatic heterocycles. The Morgan fingerprint density at radius 2 is 1.44 bits per heavy atom. The molecule has 25 heavy (non-hydrogen) atoms. The van der Waals surface area contributed by atoms with Crippen LogP contribution in [0.15, 0.2) is 53.2 Å².